The highest BCUT2D eigenvalue weighted by molar-refractivity contribution is 5.75. The van der Waals surface area contributed by atoms with Crippen LogP contribution in [0.3, 0.4) is 0 Å². The lowest BCUT2D eigenvalue weighted by atomic mass is 10.2. The monoisotopic (exact) mass is 198 g/mol. The maximum Gasteiger partial charge on any atom is 0.322 e. The van der Waals surface area contributed by atoms with E-state index in [0.717, 1.165) is 0 Å². The van der Waals surface area contributed by atoms with E-state index in [1.807, 2.05) is 0 Å². The molecule has 0 aliphatic carbocycles. The third kappa shape index (κ3) is 3.14. The summed E-state index contributed by atoms with van der Waals surface area (Å²) >= 11 is 0. The first-order valence-electron chi connectivity index (χ1n) is 4.48. The number of hydrogen-bond acceptors (Lipinski definition) is 5. The summed E-state index contributed by atoms with van der Waals surface area (Å²) in [4.78, 5) is 14.9. The number of nitrogens with zero attached hydrogens (tertiary/aromatic N) is 3. The van der Waals surface area contributed by atoms with Gasteiger partial charge in [-0.05, 0) is 13.3 Å². The molecule has 6 nitrogen and oxygen atoms in total. The van der Waals surface area contributed by atoms with Crippen molar-refractivity contribution in [2.45, 2.75) is 25.9 Å². The highest BCUT2D eigenvalue weighted by Gasteiger charge is 2.13. The summed E-state index contributed by atoms with van der Waals surface area (Å²) in [6.07, 6.45) is 3.52. The van der Waals surface area contributed by atoms with Crippen molar-refractivity contribution in [3.05, 3.63) is 12.7 Å². The van der Waals surface area contributed by atoms with Gasteiger partial charge in [0, 0.05) is 6.54 Å². The Morgan fingerprint density at radius 1 is 1.71 bits per heavy atom. The number of nitrogens with two attached hydrogens (primary N) is 1. The van der Waals surface area contributed by atoms with Gasteiger partial charge in [0.1, 0.15) is 18.7 Å². The largest absolute Gasteiger partial charge is 0.465 e. The average Bonchev–Trinajstić information content (AvgIpc) is 2.67. The summed E-state index contributed by atoms with van der Waals surface area (Å²) < 4.78 is 6.39. The fourth-order valence-corrected chi connectivity index (χ4v) is 0.987. The van der Waals surface area contributed by atoms with Crippen molar-refractivity contribution < 1.29 is 9.53 Å². The predicted octanol–water partition coefficient (Wildman–Crippen LogP) is -0.441. The average molecular weight is 198 g/mol. The van der Waals surface area contributed by atoms with Gasteiger partial charge >= 0.3 is 5.97 Å². The van der Waals surface area contributed by atoms with Crippen molar-refractivity contribution in [1.29, 1.82) is 0 Å². The highest BCUT2D eigenvalue weighted by Crippen LogP contribution is 1.95. The van der Waals surface area contributed by atoms with Gasteiger partial charge in [-0.3, -0.25) is 9.48 Å². The lowest BCUT2D eigenvalue weighted by molar-refractivity contribution is -0.144. The van der Waals surface area contributed by atoms with Crippen LogP contribution in [0.1, 0.15) is 13.3 Å². The van der Waals surface area contributed by atoms with Crippen LogP contribution >= 0.6 is 0 Å². The molecule has 0 aliphatic rings. The lowest BCUT2D eigenvalue weighted by Crippen LogP contribution is -2.33. The van der Waals surface area contributed by atoms with Crippen LogP contribution in [0.25, 0.3) is 0 Å². The Hall–Kier alpha value is -1.43. The maximum absolute atomic E-state index is 11.1. The van der Waals surface area contributed by atoms with E-state index in [9.17, 15) is 4.79 Å². The first kappa shape index (κ1) is 10.6. The molecular formula is C8H14N4O2. The second kappa shape index (κ2) is 5.33. The molecule has 6 heteroatoms. The summed E-state index contributed by atoms with van der Waals surface area (Å²) in [5.41, 5.74) is 5.58. The molecule has 1 aromatic heterocycles. The number of aromatic nitrogens is 3. The second-order valence-electron chi connectivity index (χ2n) is 2.81. The molecule has 0 radical (unpaired) electrons. The number of carbonyl (C=O) groups is 1. The van der Waals surface area contributed by atoms with Crippen molar-refractivity contribution in [2.24, 2.45) is 5.73 Å². The van der Waals surface area contributed by atoms with E-state index in [0.29, 0.717) is 19.6 Å². The molecule has 1 aromatic rings. The van der Waals surface area contributed by atoms with E-state index >= 15 is 0 Å². The van der Waals surface area contributed by atoms with E-state index in [1.165, 1.54) is 6.33 Å². The Morgan fingerprint density at radius 3 is 3.07 bits per heavy atom. The normalized spacial score (nSPS) is 12.4. The van der Waals surface area contributed by atoms with Crippen LogP contribution in [0.4, 0.5) is 0 Å². The minimum absolute atomic E-state index is 0.357. The van der Waals surface area contributed by atoms with Gasteiger partial charge in [0.25, 0.3) is 0 Å². The Morgan fingerprint density at radius 2 is 2.50 bits per heavy atom. The summed E-state index contributed by atoms with van der Waals surface area (Å²) in [6.45, 7) is 2.68. The minimum Gasteiger partial charge on any atom is -0.465 e. The molecule has 0 aliphatic heterocycles. The Labute approximate surface area is 82.1 Å². The molecule has 0 amide bonds. The van der Waals surface area contributed by atoms with Gasteiger partial charge in [0.2, 0.25) is 0 Å². The SMILES string of the molecule is CCOC(=O)C(N)CCn1cncn1. The molecule has 78 valence electrons. The molecule has 0 bridgehead atoms. The van der Waals surface area contributed by atoms with Gasteiger partial charge in [-0.15, -0.1) is 0 Å². The van der Waals surface area contributed by atoms with Crippen molar-refractivity contribution in [3.63, 3.8) is 0 Å². The number of ether oxygens (including phenoxy) is 1. The van der Waals surface area contributed by atoms with E-state index in [1.54, 1.807) is 17.9 Å². The van der Waals surface area contributed by atoms with E-state index in [4.69, 9.17) is 10.5 Å². The van der Waals surface area contributed by atoms with Crippen LogP contribution in [-0.2, 0) is 16.1 Å². The molecule has 0 spiro atoms. The molecule has 1 rings (SSSR count). The van der Waals surface area contributed by atoms with Crippen LogP contribution in [0, 0.1) is 0 Å². The van der Waals surface area contributed by atoms with E-state index < -0.39 is 6.04 Å². The predicted molar refractivity (Wildman–Crippen MR) is 49.2 cm³/mol. The molecule has 1 atom stereocenters. The van der Waals surface area contributed by atoms with Gasteiger partial charge in [-0.2, -0.15) is 5.10 Å². The Kier molecular flexibility index (Phi) is 4.06. The first-order valence-corrected chi connectivity index (χ1v) is 4.48. The van der Waals surface area contributed by atoms with Crippen LogP contribution in [0.5, 0.6) is 0 Å². The molecule has 1 unspecified atom stereocenters. The van der Waals surface area contributed by atoms with E-state index in [-0.39, 0.29) is 5.97 Å². The molecule has 0 saturated heterocycles. The van der Waals surface area contributed by atoms with Gasteiger partial charge in [0.05, 0.1) is 6.61 Å². The molecule has 1 heterocycles. The highest BCUT2D eigenvalue weighted by atomic mass is 16.5. The fraction of sp³-hybridized carbons (Fsp3) is 0.625. The maximum atomic E-state index is 11.1. The number of hydrogen-bond donors (Lipinski definition) is 1. The Balaban J connectivity index is 2.27. The van der Waals surface area contributed by atoms with Crippen LogP contribution < -0.4 is 5.73 Å². The first-order chi connectivity index (χ1) is 6.74. The molecule has 0 aromatic carbocycles. The van der Waals surface area contributed by atoms with Gasteiger partial charge in [-0.25, -0.2) is 4.98 Å². The molecule has 14 heavy (non-hydrogen) atoms. The van der Waals surface area contributed by atoms with Crippen molar-refractivity contribution in [2.75, 3.05) is 6.61 Å². The van der Waals surface area contributed by atoms with Crippen LogP contribution in [0.2, 0.25) is 0 Å². The lowest BCUT2D eigenvalue weighted by Gasteiger charge is -2.09. The Bertz CT molecular complexity index is 273. The standard InChI is InChI=1S/C8H14N4O2/c1-2-14-8(13)7(9)3-4-12-6-10-5-11-12/h5-7H,2-4,9H2,1H3. The number of esters is 1. The number of aryl methyl sites for hydroxylation is 1. The van der Waals surface area contributed by atoms with Crippen molar-refractivity contribution >= 4 is 5.97 Å². The molecule has 0 saturated carbocycles. The third-order valence-corrected chi connectivity index (χ3v) is 1.73. The summed E-state index contributed by atoms with van der Waals surface area (Å²) in [6, 6.07) is -0.584. The fourth-order valence-electron chi connectivity index (χ4n) is 0.987. The zero-order chi connectivity index (χ0) is 10.4. The second-order valence-corrected chi connectivity index (χ2v) is 2.81. The van der Waals surface area contributed by atoms with Crippen molar-refractivity contribution in [1.82, 2.24) is 14.8 Å². The van der Waals surface area contributed by atoms with Gasteiger partial charge in [0.15, 0.2) is 0 Å². The van der Waals surface area contributed by atoms with Gasteiger partial charge in [-0.1, -0.05) is 0 Å². The van der Waals surface area contributed by atoms with Crippen LogP contribution in [0.15, 0.2) is 12.7 Å². The molecule has 2 N–H and O–H groups in total. The quantitative estimate of drug-likeness (QED) is 0.648. The number of carbonyl (C=O) groups excluding carboxylic acids is 1. The van der Waals surface area contributed by atoms with Crippen LogP contribution in [-0.4, -0.2) is 33.4 Å². The smallest absolute Gasteiger partial charge is 0.322 e. The zero-order valence-corrected chi connectivity index (χ0v) is 8.09. The van der Waals surface area contributed by atoms with E-state index in [2.05, 4.69) is 10.1 Å². The topological polar surface area (TPSA) is 83.0 Å². The van der Waals surface area contributed by atoms with Crippen molar-refractivity contribution in [3.8, 4) is 0 Å². The number of rotatable bonds is 5. The molecule has 0 fully saturated rings. The molecular weight excluding hydrogens is 184 g/mol. The van der Waals surface area contributed by atoms with Gasteiger partial charge < -0.3 is 10.5 Å². The zero-order valence-electron chi connectivity index (χ0n) is 8.09. The summed E-state index contributed by atoms with van der Waals surface area (Å²) in [7, 11) is 0. The summed E-state index contributed by atoms with van der Waals surface area (Å²) in [5, 5.41) is 3.89. The minimum atomic E-state index is -0.584. The third-order valence-electron chi connectivity index (χ3n) is 1.73. The summed E-state index contributed by atoms with van der Waals surface area (Å²) in [5.74, 6) is -0.368.